The van der Waals surface area contributed by atoms with Crippen molar-refractivity contribution >= 4 is 0 Å². The van der Waals surface area contributed by atoms with Crippen LogP contribution in [0.1, 0.15) is 86.5 Å². The fourth-order valence-electron chi connectivity index (χ4n) is 5.85. The van der Waals surface area contributed by atoms with Crippen molar-refractivity contribution in [2.45, 2.75) is 86.5 Å². The van der Waals surface area contributed by atoms with Crippen LogP contribution in [0, 0.1) is 40.9 Å². The second-order valence-corrected chi connectivity index (χ2v) is 8.74. The molecule has 0 spiro atoms. The van der Waals surface area contributed by atoms with Crippen molar-refractivity contribution in [2.24, 2.45) is 40.9 Å². The van der Waals surface area contributed by atoms with E-state index in [9.17, 15) is 0 Å². The van der Waals surface area contributed by atoms with Gasteiger partial charge in [-0.25, -0.2) is 0 Å². The lowest BCUT2D eigenvalue weighted by atomic mass is 9.52. The Morgan fingerprint density at radius 2 is 1.55 bits per heavy atom. The third-order valence-electron chi connectivity index (χ3n) is 7.43. The summed E-state index contributed by atoms with van der Waals surface area (Å²) in [4.78, 5) is 0. The highest BCUT2D eigenvalue weighted by molar-refractivity contribution is 4.97. The largest absolute Gasteiger partial charge is 0.0651 e. The second kappa shape index (κ2) is 6.41. The van der Waals surface area contributed by atoms with Crippen LogP contribution in [0.3, 0.4) is 0 Å². The van der Waals surface area contributed by atoms with Crippen LogP contribution in [-0.2, 0) is 0 Å². The second-order valence-electron chi connectivity index (χ2n) is 8.74. The minimum Gasteiger partial charge on any atom is -0.0651 e. The lowest BCUT2D eigenvalue weighted by Gasteiger charge is -2.53. The highest BCUT2D eigenvalue weighted by Crippen LogP contribution is 2.57. The van der Waals surface area contributed by atoms with Crippen LogP contribution in [0.5, 0.6) is 0 Å². The highest BCUT2D eigenvalue weighted by Gasteiger charge is 2.47. The van der Waals surface area contributed by atoms with E-state index in [1.165, 1.54) is 44.9 Å². The van der Waals surface area contributed by atoms with E-state index in [0.717, 1.165) is 35.5 Å². The maximum Gasteiger partial charge on any atom is -0.0290 e. The molecule has 0 amide bonds. The van der Waals surface area contributed by atoms with Gasteiger partial charge in [0.15, 0.2) is 0 Å². The van der Waals surface area contributed by atoms with Crippen molar-refractivity contribution in [2.75, 3.05) is 0 Å². The van der Waals surface area contributed by atoms with Crippen molar-refractivity contribution in [3.63, 3.8) is 0 Å². The maximum absolute atomic E-state index is 2.61. The molecule has 0 aliphatic heterocycles. The van der Waals surface area contributed by atoms with Crippen molar-refractivity contribution in [1.29, 1.82) is 0 Å². The summed E-state index contributed by atoms with van der Waals surface area (Å²) in [5.74, 6) is 5.76. The van der Waals surface area contributed by atoms with Gasteiger partial charge in [0.25, 0.3) is 0 Å². The van der Waals surface area contributed by atoms with Gasteiger partial charge < -0.3 is 0 Å². The summed E-state index contributed by atoms with van der Waals surface area (Å²) in [7, 11) is 0. The van der Waals surface area contributed by atoms with Gasteiger partial charge >= 0.3 is 0 Å². The fraction of sp³-hybridized carbons (Fsp3) is 1.00. The van der Waals surface area contributed by atoms with Crippen molar-refractivity contribution in [1.82, 2.24) is 0 Å². The SMILES string of the molecule is CCC1CCC(C)C(C)C(C)CC2CC(C)(C2)C1CC. The standard InChI is InChI=1S/C20H38/c1-7-18-10-9-14(3)16(5)15(4)11-17-12-20(6,13-17)19(18)8-2/h14-19H,7-13H2,1-6H3. The molecule has 118 valence electrons. The number of hydrogen-bond donors (Lipinski definition) is 0. The third kappa shape index (κ3) is 3.09. The molecular weight excluding hydrogens is 240 g/mol. The summed E-state index contributed by atoms with van der Waals surface area (Å²) in [6.07, 6.45) is 10.3. The molecule has 3 saturated carbocycles. The summed E-state index contributed by atoms with van der Waals surface area (Å²) in [5, 5.41) is 0. The first kappa shape index (κ1) is 16.4. The van der Waals surface area contributed by atoms with Gasteiger partial charge in [0.1, 0.15) is 0 Å². The Kier molecular flexibility index (Phi) is 5.24. The van der Waals surface area contributed by atoms with Crippen molar-refractivity contribution in [3.8, 4) is 0 Å². The first-order valence-electron chi connectivity index (χ1n) is 9.41. The van der Waals surface area contributed by atoms with Crippen LogP contribution >= 0.6 is 0 Å². The zero-order valence-corrected chi connectivity index (χ0v) is 14.9. The Labute approximate surface area is 128 Å². The quantitative estimate of drug-likeness (QED) is 0.537. The van der Waals surface area contributed by atoms with Crippen LogP contribution in [0.15, 0.2) is 0 Å². The van der Waals surface area contributed by atoms with Crippen LogP contribution in [0.25, 0.3) is 0 Å². The molecule has 3 rings (SSSR count). The minimum atomic E-state index is 0.677. The van der Waals surface area contributed by atoms with Gasteiger partial charge in [-0.2, -0.15) is 0 Å². The van der Waals surface area contributed by atoms with Crippen LogP contribution in [0.4, 0.5) is 0 Å². The fourth-order valence-corrected chi connectivity index (χ4v) is 5.85. The zero-order chi connectivity index (χ0) is 14.9. The van der Waals surface area contributed by atoms with Gasteiger partial charge in [-0.15, -0.1) is 0 Å². The molecule has 2 bridgehead atoms. The molecule has 0 saturated heterocycles. The van der Waals surface area contributed by atoms with E-state index in [1.807, 2.05) is 0 Å². The van der Waals surface area contributed by atoms with Crippen LogP contribution < -0.4 is 0 Å². The molecule has 0 aromatic heterocycles. The highest BCUT2D eigenvalue weighted by atomic mass is 14.5. The molecule has 20 heavy (non-hydrogen) atoms. The van der Waals surface area contributed by atoms with Gasteiger partial charge in [0, 0.05) is 0 Å². The van der Waals surface area contributed by atoms with Gasteiger partial charge in [-0.05, 0) is 66.6 Å². The molecule has 0 heteroatoms. The van der Waals surface area contributed by atoms with Crippen LogP contribution in [-0.4, -0.2) is 0 Å². The van der Waals surface area contributed by atoms with Crippen LogP contribution in [0.2, 0.25) is 0 Å². The summed E-state index contributed by atoms with van der Waals surface area (Å²) >= 11 is 0. The smallest absolute Gasteiger partial charge is 0.0290 e. The molecule has 3 aliphatic rings. The summed E-state index contributed by atoms with van der Waals surface area (Å²) in [6, 6.07) is 0. The molecule has 0 aromatic carbocycles. The topological polar surface area (TPSA) is 0 Å². The molecule has 0 radical (unpaired) electrons. The molecule has 0 heterocycles. The molecule has 0 nitrogen and oxygen atoms in total. The first-order chi connectivity index (χ1) is 9.41. The lowest BCUT2D eigenvalue weighted by molar-refractivity contribution is -0.0313. The number of rotatable bonds is 2. The molecule has 3 aliphatic carbocycles. The Bertz CT molecular complexity index is 299. The molecule has 5 unspecified atom stereocenters. The predicted molar refractivity (Wildman–Crippen MR) is 89.7 cm³/mol. The molecule has 0 N–H and O–H groups in total. The molecule has 0 aromatic rings. The summed E-state index contributed by atoms with van der Waals surface area (Å²) in [5.41, 5.74) is 0.677. The monoisotopic (exact) mass is 278 g/mol. The van der Waals surface area contributed by atoms with E-state index in [0.29, 0.717) is 5.41 Å². The first-order valence-corrected chi connectivity index (χ1v) is 9.41. The molecular formula is C20H38. The molecule has 3 fully saturated rings. The van der Waals surface area contributed by atoms with Crippen molar-refractivity contribution < 1.29 is 0 Å². The number of hydrogen-bond acceptors (Lipinski definition) is 0. The van der Waals surface area contributed by atoms with Gasteiger partial charge in [-0.1, -0.05) is 60.8 Å². The van der Waals surface area contributed by atoms with Gasteiger partial charge in [-0.3, -0.25) is 0 Å². The normalized spacial score (nSPS) is 50.1. The van der Waals surface area contributed by atoms with E-state index in [2.05, 4.69) is 41.5 Å². The van der Waals surface area contributed by atoms with E-state index >= 15 is 0 Å². The molecule has 5 atom stereocenters. The average molecular weight is 279 g/mol. The Hall–Kier alpha value is 0. The van der Waals surface area contributed by atoms with Crippen molar-refractivity contribution in [3.05, 3.63) is 0 Å². The maximum atomic E-state index is 2.61. The minimum absolute atomic E-state index is 0.677. The number of fused-ring (bicyclic) bond motifs is 7. The van der Waals surface area contributed by atoms with E-state index < -0.39 is 0 Å². The Morgan fingerprint density at radius 3 is 2.10 bits per heavy atom. The zero-order valence-electron chi connectivity index (χ0n) is 14.9. The summed E-state index contributed by atoms with van der Waals surface area (Å²) in [6.45, 7) is 15.0. The van der Waals surface area contributed by atoms with E-state index in [-0.39, 0.29) is 0 Å². The van der Waals surface area contributed by atoms with E-state index in [4.69, 9.17) is 0 Å². The average Bonchev–Trinajstić information content (AvgIpc) is 2.40. The third-order valence-corrected chi connectivity index (χ3v) is 7.43. The van der Waals surface area contributed by atoms with Gasteiger partial charge in [0.05, 0.1) is 0 Å². The Balaban J connectivity index is 2.16. The van der Waals surface area contributed by atoms with E-state index in [1.54, 1.807) is 0 Å². The Morgan fingerprint density at radius 1 is 0.900 bits per heavy atom. The van der Waals surface area contributed by atoms with Gasteiger partial charge in [0.2, 0.25) is 0 Å². The summed E-state index contributed by atoms with van der Waals surface area (Å²) < 4.78 is 0. The lowest BCUT2D eigenvalue weighted by Crippen LogP contribution is -2.44. The predicted octanol–water partition coefficient (Wildman–Crippen LogP) is 6.55.